The SMILES string of the molecule is CC[C@H]1CN(c2nc(N)c(C(=O)NCCO)nc2Cl)CCN1C1CCN(Cc2ccc(Cl)cc2OCCNC(=O)OC(C)(C)C)CC1. The van der Waals surface area contributed by atoms with Crippen LogP contribution < -0.4 is 26.0 Å². The second-order valence-electron chi connectivity index (χ2n) is 12.8. The number of anilines is 2. The van der Waals surface area contributed by atoms with Crippen LogP contribution in [0.15, 0.2) is 18.2 Å². The molecule has 2 aliphatic rings. The highest BCUT2D eigenvalue weighted by Crippen LogP contribution is 2.31. The second-order valence-corrected chi connectivity index (χ2v) is 13.6. The summed E-state index contributed by atoms with van der Waals surface area (Å²) in [4.78, 5) is 40.1. The quantitative estimate of drug-likeness (QED) is 0.241. The van der Waals surface area contributed by atoms with Crippen molar-refractivity contribution in [1.82, 2.24) is 30.4 Å². The van der Waals surface area contributed by atoms with Gasteiger partial charge in [0.1, 0.15) is 18.0 Å². The van der Waals surface area contributed by atoms with E-state index in [-0.39, 0.29) is 29.8 Å². The molecule has 4 rings (SSSR count). The number of nitrogen functional groups attached to an aromatic ring is 1. The van der Waals surface area contributed by atoms with Crippen LogP contribution in [0.25, 0.3) is 0 Å². The van der Waals surface area contributed by atoms with Gasteiger partial charge in [0.2, 0.25) is 0 Å². The van der Waals surface area contributed by atoms with Crippen molar-refractivity contribution in [2.24, 2.45) is 0 Å². The van der Waals surface area contributed by atoms with Crippen molar-refractivity contribution in [2.75, 3.05) is 69.7 Å². The third kappa shape index (κ3) is 10.4. The van der Waals surface area contributed by atoms with Crippen molar-refractivity contribution >= 4 is 46.8 Å². The number of nitrogens with one attached hydrogen (secondary N) is 2. The first-order valence-electron chi connectivity index (χ1n) is 16.2. The fourth-order valence-electron chi connectivity index (χ4n) is 6.02. The first kappa shape index (κ1) is 36.7. The summed E-state index contributed by atoms with van der Waals surface area (Å²) in [7, 11) is 0. The van der Waals surface area contributed by atoms with Gasteiger partial charge in [0.15, 0.2) is 22.5 Å². The van der Waals surface area contributed by atoms with Crippen molar-refractivity contribution in [1.29, 1.82) is 0 Å². The highest BCUT2D eigenvalue weighted by Gasteiger charge is 2.34. The van der Waals surface area contributed by atoms with Crippen LogP contribution in [0.1, 0.15) is 63.0 Å². The van der Waals surface area contributed by atoms with Crippen LogP contribution >= 0.6 is 23.2 Å². The number of aromatic nitrogens is 2. The lowest BCUT2D eigenvalue weighted by Crippen LogP contribution is -2.58. The van der Waals surface area contributed by atoms with Gasteiger partial charge >= 0.3 is 6.09 Å². The van der Waals surface area contributed by atoms with Gasteiger partial charge in [0.05, 0.1) is 13.2 Å². The number of amides is 2. The van der Waals surface area contributed by atoms with Gasteiger partial charge in [-0.1, -0.05) is 36.2 Å². The molecule has 15 heteroatoms. The zero-order valence-corrected chi connectivity index (χ0v) is 29.2. The number of piperazine rings is 1. The van der Waals surface area contributed by atoms with Crippen molar-refractivity contribution in [3.8, 4) is 5.75 Å². The molecule has 2 aliphatic heterocycles. The molecule has 0 unspecified atom stereocenters. The van der Waals surface area contributed by atoms with Crippen LogP contribution in [0.5, 0.6) is 5.75 Å². The lowest BCUT2D eigenvalue weighted by molar-refractivity contribution is 0.0519. The smallest absolute Gasteiger partial charge is 0.407 e. The van der Waals surface area contributed by atoms with Crippen LogP contribution in [-0.4, -0.2) is 114 Å². The summed E-state index contributed by atoms with van der Waals surface area (Å²) < 4.78 is 11.3. The van der Waals surface area contributed by atoms with E-state index < -0.39 is 17.6 Å². The standard InChI is InChI=1S/C32H48Cl2N8O5/c1-5-23-20-41(29-27(34)38-26(28(35)39-29)30(44)36-10-16-43)14-15-42(23)24-8-12-40(13-9-24)19-21-6-7-22(33)18-25(21)46-17-11-37-31(45)47-32(2,3)4/h6-7,18,23-24,43H,5,8-17,19-20H2,1-4H3,(H2,35,39)(H,36,44)(H,37,45)/t23-/m0/s1. The molecular weight excluding hydrogens is 647 g/mol. The molecular formula is C32H48Cl2N8O5. The number of aliphatic hydroxyl groups excluding tert-OH is 1. The molecule has 2 amide bonds. The Morgan fingerprint density at radius 1 is 1.09 bits per heavy atom. The molecule has 1 aromatic heterocycles. The predicted molar refractivity (Wildman–Crippen MR) is 183 cm³/mol. The Hall–Kier alpha value is -3.10. The van der Waals surface area contributed by atoms with E-state index >= 15 is 0 Å². The monoisotopic (exact) mass is 694 g/mol. The number of aliphatic hydroxyl groups is 1. The Morgan fingerprint density at radius 3 is 2.51 bits per heavy atom. The number of ether oxygens (including phenoxy) is 2. The largest absolute Gasteiger partial charge is 0.491 e. The summed E-state index contributed by atoms with van der Waals surface area (Å²) in [6.45, 7) is 13.1. The summed E-state index contributed by atoms with van der Waals surface area (Å²) in [5.74, 6) is 0.688. The summed E-state index contributed by atoms with van der Waals surface area (Å²) in [6, 6.07) is 6.48. The molecule has 0 saturated carbocycles. The number of nitrogens with two attached hydrogens (primary N) is 1. The lowest BCUT2D eigenvalue weighted by atomic mass is 9.97. The van der Waals surface area contributed by atoms with Gasteiger partial charge in [0.25, 0.3) is 5.91 Å². The van der Waals surface area contributed by atoms with Gasteiger partial charge in [-0.15, -0.1) is 0 Å². The predicted octanol–water partition coefficient (Wildman–Crippen LogP) is 3.56. The van der Waals surface area contributed by atoms with Crippen molar-refractivity contribution in [3.63, 3.8) is 0 Å². The van der Waals surface area contributed by atoms with Crippen LogP contribution in [0.4, 0.5) is 16.4 Å². The molecule has 1 atom stereocenters. The molecule has 5 N–H and O–H groups in total. The molecule has 3 heterocycles. The number of nitrogens with zero attached hydrogens (tertiary/aromatic N) is 5. The topological polar surface area (TPSA) is 158 Å². The maximum atomic E-state index is 12.3. The van der Waals surface area contributed by atoms with E-state index in [4.69, 9.17) is 43.5 Å². The van der Waals surface area contributed by atoms with Crippen molar-refractivity contribution in [3.05, 3.63) is 39.6 Å². The van der Waals surface area contributed by atoms with Crippen LogP contribution in [0.3, 0.4) is 0 Å². The van der Waals surface area contributed by atoms with E-state index in [1.54, 1.807) is 0 Å². The first-order valence-corrected chi connectivity index (χ1v) is 17.0. The zero-order chi connectivity index (χ0) is 34.1. The highest BCUT2D eigenvalue weighted by molar-refractivity contribution is 6.32. The fraction of sp³-hybridized carbons (Fsp3) is 0.625. The summed E-state index contributed by atoms with van der Waals surface area (Å²) in [5.41, 5.74) is 6.55. The number of likely N-dealkylation sites (tertiary alicyclic amines) is 1. The van der Waals surface area contributed by atoms with Gasteiger partial charge < -0.3 is 35.8 Å². The molecule has 13 nitrogen and oxygen atoms in total. The number of carbonyl (C=O) groups is 2. The molecule has 0 bridgehead atoms. The van der Waals surface area contributed by atoms with E-state index in [1.807, 2.05) is 39.0 Å². The number of alkyl carbamates (subject to hydrolysis) is 1. The molecule has 0 spiro atoms. The van der Waals surface area contributed by atoms with Gasteiger partial charge in [-0.05, 0) is 65.3 Å². The normalized spacial score (nSPS) is 18.2. The first-order chi connectivity index (χ1) is 22.4. The number of rotatable bonds is 12. The van der Waals surface area contributed by atoms with Crippen LogP contribution in [0, 0.1) is 0 Å². The molecule has 2 aromatic rings. The maximum absolute atomic E-state index is 12.3. The minimum Gasteiger partial charge on any atom is -0.491 e. The van der Waals surface area contributed by atoms with Gasteiger partial charge in [-0.3, -0.25) is 14.6 Å². The molecule has 0 radical (unpaired) electrons. The van der Waals surface area contributed by atoms with E-state index in [1.165, 1.54) is 0 Å². The lowest BCUT2D eigenvalue weighted by Gasteiger charge is -2.47. The number of carbonyl (C=O) groups excluding carboxylic acids is 2. The number of hydrogen-bond acceptors (Lipinski definition) is 11. The van der Waals surface area contributed by atoms with Crippen LogP contribution in [-0.2, 0) is 11.3 Å². The molecule has 2 fully saturated rings. The molecule has 260 valence electrons. The summed E-state index contributed by atoms with van der Waals surface area (Å²) >= 11 is 12.8. The van der Waals surface area contributed by atoms with E-state index in [2.05, 4.69) is 42.2 Å². The Balaban J connectivity index is 1.29. The average Bonchev–Trinajstić information content (AvgIpc) is 3.03. The van der Waals surface area contributed by atoms with E-state index in [9.17, 15) is 9.59 Å². The van der Waals surface area contributed by atoms with Crippen LogP contribution in [0.2, 0.25) is 10.2 Å². The molecule has 47 heavy (non-hydrogen) atoms. The van der Waals surface area contributed by atoms with E-state index in [0.29, 0.717) is 41.8 Å². The summed E-state index contributed by atoms with van der Waals surface area (Å²) in [6.07, 6.45) is 2.59. The van der Waals surface area contributed by atoms with E-state index in [0.717, 1.165) is 64.1 Å². The fourth-order valence-corrected chi connectivity index (χ4v) is 6.43. The van der Waals surface area contributed by atoms with Crippen molar-refractivity contribution in [2.45, 2.75) is 71.2 Å². The molecule has 1 aromatic carbocycles. The Labute approximate surface area is 287 Å². The Kier molecular flexibility index (Phi) is 13.2. The number of benzene rings is 1. The third-order valence-corrected chi connectivity index (χ3v) is 8.74. The highest BCUT2D eigenvalue weighted by atomic mass is 35.5. The Morgan fingerprint density at radius 2 is 1.83 bits per heavy atom. The molecule has 2 saturated heterocycles. The third-order valence-electron chi connectivity index (χ3n) is 8.25. The van der Waals surface area contributed by atoms with Crippen molar-refractivity contribution < 1.29 is 24.2 Å². The van der Waals surface area contributed by atoms with Gasteiger partial charge in [-0.2, -0.15) is 0 Å². The Bertz CT molecular complexity index is 1370. The minimum absolute atomic E-state index is 0.00870. The number of halogens is 2. The maximum Gasteiger partial charge on any atom is 0.407 e. The number of hydrogen-bond donors (Lipinski definition) is 4. The summed E-state index contributed by atoms with van der Waals surface area (Å²) in [5, 5.41) is 15.0. The van der Waals surface area contributed by atoms with Gasteiger partial charge in [-0.25, -0.2) is 14.8 Å². The minimum atomic E-state index is -0.556. The molecule has 0 aliphatic carbocycles. The average molecular weight is 696 g/mol. The second kappa shape index (κ2) is 16.8. The zero-order valence-electron chi connectivity index (χ0n) is 27.7. The van der Waals surface area contributed by atoms with Gasteiger partial charge in [0, 0.05) is 55.4 Å². The number of piperidine rings is 1.